The van der Waals surface area contributed by atoms with E-state index in [-0.39, 0.29) is 5.41 Å². The van der Waals surface area contributed by atoms with E-state index in [4.69, 9.17) is 9.40 Å². The molecular formula is C42H30N2O. The van der Waals surface area contributed by atoms with Crippen LogP contribution in [0.4, 0.5) is 17.1 Å². The fourth-order valence-corrected chi connectivity index (χ4v) is 7.28. The van der Waals surface area contributed by atoms with Crippen LogP contribution in [0.3, 0.4) is 0 Å². The Bertz CT molecular complexity index is 2400. The lowest BCUT2D eigenvalue weighted by Crippen LogP contribution is -2.16. The van der Waals surface area contributed by atoms with Gasteiger partial charge in [0, 0.05) is 33.3 Å². The van der Waals surface area contributed by atoms with Crippen molar-refractivity contribution in [2.45, 2.75) is 19.3 Å². The lowest BCUT2D eigenvalue weighted by Gasteiger charge is -2.29. The first-order chi connectivity index (χ1) is 22.1. The molecule has 3 nitrogen and oxygen atoms in total. The maximum Gasteiger partial charge on any atom is 0.227 e. The molecule has 3 heteroatoms. The van der Waals surface area contributed by atoms with Crippen LogP contribution in [0, 0.1) is 0 Å². The van der Waals surface area contributed by atoms with Gasteiger partial charge in [-0.2, -0.15) is 0 Å². The second-order valence-corrected chi connectivity index (χ2v) is 12.4. The normalized spacial score (nSPS) is 13.3. The van der Waals surface area contributed by atoms with Crippen molar-refractivity contribution in [1.82, 2.24) is 4.98 Å². The molecule has 8 aromatic rings. The molecule has 0 N–H and O–H groups in total. The molecule has 1 aromatic heterocycles. The van der Waals surface area contributed by atoms with Gasteiger partial charge >= 0.3 is 0 Å². The highest BCUT2D eigenvalue weighted by Gasteiger charge is 2.37. The SMILES string of the molecule is CC1(C)c2ccccc2-c2c(N(c3ccccc3)c3ccc4ccc5ccc6nc(-c7ccccc7)oc6c5c4c3)cccc21. The molecule has 0 spiro atoms. The van der Waals surface area contributed by atoms with Gasteiger partial charge in [-0.25, -0.2) is 4.98 Å². The van der Waals surface area contributed by atoms with E-state index in [0.717, 1.165) is 49.6 Å². The van der Waals surface area contributed by atoms with Crippen molar-refractivity contribution in [1.29, 1.82) is 0 Å². The summed E-state index contributed by atoms with van der Waals surface area (Å²) in [7, 11) is 0. The molecule has 1 aliphatic carbocycles. The van der Waals surface area contributed by atoms with E-state index in [1.807, 2.05) is 30.3 Å². The zero-order chi connectivity index (χ0) is 30.1. The lowest BCUT2D eigenvalue weighted by molar-refractivity contribution is 0.623. The Labute approximate surface area is 262 Å². The van der Waals surface area contributed by atoms with Crippen LogP contribution in [-0.2, 0) is 5.41 Å². The summed E-state index contributed by atoms with van der Waals surface area (Å²) in [6.45, 7) is 4.67. The van der Waals surface area contributed by atoms with Crippen molar-refractivity contribution in [2.75, 3.05) is 4.90 Å². The zero-order valence-corrected chi connectivity index (χ0v) is 25.2. The van der Waals surface area contributed by atoms with Crippen molar-refractivity contribution in [3.05, 3.63) is 157 Å². The van der Waals surface area contributed by atoms with Gasteiger partial charge in [-0.05, 0) is 81.4 Å². The number of aromatic nitrogens is 1. The number of anilines is 3. The van der Waals surface area contributed by atoms with Crippen LogP contribution >= 0.6 is 0 Å². The number of hydrogen-bond acceptors (Lipinski definition) is 3. The monoisotopic (exact) mass is 578 g/mol. The summed E-state index contributed by atoms with van der Waals surface area (Å²) in [5, 5.41) is 4.51. The molecule has 9 rings (SSSR count). The number of benzene rings is 7. The van der Waals surface area contributed by atoms with Gasteiger partial charge in [-0.3, -0.25) is 0 Å². The summed E-state index contributed by atoms with van der Waals surface area (Å²) < 4.78 is 6.54. The van der Waals surface area contributed by atoms with Gasteiger partial charge in [-0.1, -0.05) is 111 Å². The van der Waals surface area contributed by atoms with Crippen LogP contribution in [0.25, 0.3) is 55.2 Å². The lowest BCUT2D eigenvalue weighted by atomic mass is 9.82. The van der Waals surface area contributed by atoms with Crippen LogP contribution < -0.4 is 4.90 Å². The zero-order valence-electron chi connectivity index (χ0n) is 25.2. The Morgan fingerprint density at radius 2 is 1.29 bits per heavy atom. The average Bonchev–Trinajstić information content (AvgIpc) is 3.63. The van der Waals surface area contributed by atoms with Gasteiger partial charge in [0.15, 0.2) is 5.58 Å². The van der Waals surface area contributed by atoms with Gasteiger partial charge in [0.2, 0.25) is 5.89 Å². The van der Waals surface area contributed by atoms with Crippen molar-refractivity contribution < 1.29 is 4.42 Å². The predicted molar refractivity (Wildman–Crippen MR) is 187 cm³/mol. The molecular weight excluding hydrogens is 548 g/mol. The van der Waals surface area contributed by atoms with Gasteiger partial charge in [-0.15, -0.1) is 0 Å². The van der Waals surface area contributed by atoms with E-state index in [1.54, 1.807) is 0 Å². The van der Waals surface area contributed by atoms with E-state index >= 15 is 0 Å². The van der Waals surface area contributed by atoms with Crippen molar-refractivity contribution in [2.24, 2.45) is 0 Å². The van der Waals surface area contributed by atoms with E-state index in [9.17, 15) is 0 Å². The standard InChI is InChI=1S/C42H30N2O/c1-42(2)34-17-10-9-16-32(34)39-35(42)18-11-19-37(39)44(30-14-7-4-8-15-30)31-24-22-27-20-21-28-23-25-36-40(38(28)33(27)26-31)45-41(43-36)29-12-5-3-6-13-29/h3-26H,1-2H3. The predicted octanol–water partition coefficient (Wildman–Crippen LogP) is 11.6. The fourth-order valence-electron chi connectivity index (χ4n) is 7.28. The third-order valence-corrected chi connectivity index (χ3v) is 9.46. The number of para-hydroxylation sites is 1. The maximum absolute atomic E-state index is 6.54. The molecule has 214 valence electrons. The first-order valence-electron chi connectivity index (χ1n) is 15.5. The number of oxazole rings is 1. The van der Waals surface area contributed by atoms with Gasteiger partial charge < -0.3 is 9.32 Å². The number of nitrogens with zero attached hydrogens (tertiary/aromatic N) is 2. The molecule has 1 heterocycles. The van der Waals surface area contributed by atoms with Crippen LogP contribution in [0.2, 0.25) is 0 Å². The summed E-state index contributed by atoms with van der Waals surface area (Å²) >= 11 is 0. The number of rotatable bonds is 4. The highest BCUT2D eigenvalue weighted by molar-refractivity contribution is 6.18. The Balaban J connectivity index is 1.32. The average molecular weight is 579 g/mol. The third kappa shape index (κ3) is 3.87. The molecule has 0 atom stereocenters. The quantitative estimate of drug-likeness (QED) is 0.195. The van der Waals surface area contributed by atoms with E-state index in [0.29, 0.717) is 5.89 Å². The second-order valence-electron chi connectivity index (χ2n) is 12.4. The summed E-state index contributed by atoms with van der Waals surface area (Å²) in [6.07, 6.45) is 0. The van der Waals surface area contributed by atoms with Gasteiger partial charge in [0.25, 0.3) is 0 Å². The molecule has 0 aliphatic heterocycles. The van der Waals surface area contributed by atoms with Crippen molar-refractivity contribution in [3.63, 3.8) is 0 Å². The number of fused-ring (bicyclic) bond motifs is 8. The first kappa shape index (κ1) is 25.8. The summed E-state index contributed by atoms with van der Waals surface area (Å²) in [4.78, 5) is 7.30. The molecule has 45 heavy (non-hydrogen) atoms. The van der Waals surface area contributed by atoms with Crippen LogP contribution in [0.5, 0.6) is 0 Å². The Hall–Kier alpha value is -5.67. The Morgan fingerprint density at radius 1 is 0.600 bits per heavy atom. The van der Waals surface area contributed by atoms with E-state index in [1.165, 1.54) is 27.9 Å². The van der Waals surface area contributed by atoms with Crippen LogP contribution in [-0.4, -0.2) is 4.98 Å². The van der Waals surface area contributed by atoms with E-state index < -0.39 is 0 Å². The fraction of sp³-hybridized carbons (Fsp3) is 0.0714. The molecule has 0 bridgehead atoms. The molecule has 0 unspecified atom stereocenters. The highest BCUT2D eigenvalue weighted by Crippen LogP contribution is 2.54. The minimum atomic E-state index is -0.0851. The topological polar surface area (TPSA) is 29.3 Å². The van der Waals surface area contributed by atoms with Crippen molar-refractivity contribution in [3.8, 4) is 22.6 Å². The second kappa shape index (κ2) is 9.67. The molecule has 1 aliphatic rings. The van der Waals surface area contributed by atoms with E-state index in [2.05, 4.69) is 134 Å². The molecule has 0 saturated carbocycles. The van der Waals surface area contributed by atoms with Gasteiger partial charge in [0.1, 0.15) is 5.52 Å². The Morgan fingerprint density at radius 3 is 2.13 bits per heavy atom. The molecule has 0 saturated heterocycles. The molecule has 0 radical (unpaired) electrons. The largest absolute Gasteiger partial charge is 0.435 e. The number of hydrogen-bond donors (Lipinski definition) is 0. The summed E-state index contributed by atoms with van der Waals surface area (Å²) in [5.41, 5.74) is 11.3. The molecule has 0 fully saturated rings. The van der Waals surface area contributed by atoms with Gasteiger partial charge in [0.05, 0.1) is 5.69 Å². The maximum atomic E-state index is 6.54. The minimum absolute atomic E-state index is 0.0851. The Kier molecular flexibility index (Phi) is 5.54. The summed E-state index contributed by atoms with van der Waals surface area (Å²) in [6, 6.07) is 51.8. The molecule has 0 amide bonds. The van der Waals surface area contributed by atoms with Crippen LogP contribution in [0.1, 0.15) is 25.0 Å². The van der Waals surface area contributed by atoms with Crippen LogP contribution in [0.15, 0.2) is 150 Å². The third-order valence-electron chi connectivity index (χ3n) is 9.46. The first-order valence-corrected chi connectivity index (χ1v) is 15.5. The minimum Gasteiger partial charge on any atom is -0.435 e. The summed E-state index contributed by atoms with van der Waals surface area (Å²) in [5.74, 6) is 0.637. The molecule has 7 aromatic carbocycles. The smallest absolute Gasteiger partial charge is 0.227 e. The highest BCUT2D eigenvalue weighted by atomic mass is 16.3. The van der Waals surface area contributed by atoms with Crippen molar-refractivity contribution >= 4 is 49.7 Å².